The number of sulfonamides is 1. The minimum absolute atomic E-state index is 0. The van der Waals surface area contributed by atoms with Crippen molar-refractivity contribution in [1.82, 2.24) is 10.0 Å². The highest BCUT2D eigenvalue weighted by Gasteiger charge is 2.15. The third-order valence-electron chi connectivity index (χ3n) is 2.96. The first-order valence-electron chi connectivity index (χ1n) is 6.39. The van der Waals surface area contributed by atoms with Crippen LogP contribution < -0.4 is 10.0 Å². The Kier molecular flexibility index (Phi) is 8.86. The first kappa shape index (κ1) is 17.9. The summed E-state index contributed by atoms with van der Waals surface area (Å²) in [7, 11) is -3.11. The second-order valence-electron chi connectivity index (χ2n) is 4.81. The lowest BCUT2D eigenvalue weighted by atomic mass is 10.1. The van der Waals surface area contributed by atoms with Crippen LogP contribution in [0.5, 0.6) is 0 Å². The van der Waals surface area contributed by atoms with Crippen LogP contribution in [0.1, 0.15) is 33.1 Å². The molecule has 0 aromatic heterocycles. The molecular formula is C12H25ClN2O2S. The van der Waals surface area contributed by atoms with E-state index in [9.17, 15) is 8.42 Å². The number of halogens is 1. The van der Waals surface area contributed by atoms with Crippen molar-refractivity contribution in [3.63, 3.8) is 0 Å². The molecule has 1 aliphatic rings. The molecule has 0 saturated heterocycles. The zero-order valence-corrected chi connectivity index (χ0v) is 12.9. The molecule has 1 unspecified atom stereocenters. The molecule has 0 bridgehead atoms. The molecule has 0 spiro atoms. The maximum atomic E-state index is 11.8. The van der Waals surface area contributed by atoms with Crippen LogP contribution in [0.15, 0.2) is 11.6 Å². The minimum atomic E-state index is -3.11. The van der Waals surface area contributed by atoms with Gasteiger partial charge in [-0.2, -0.15) is 0 Å². The number of rotatable bonds is 7. The standard InChI is InChI=1S/C12H24N2O2S.ClH/c1-3-4-11(2)10-17(15,16)14-9-12-5-7-13-8-6-12;/h5,11,13-14H,3-4,6-10H2,1-2H3;1H. The SMILES string of the molecule is CCCC(C)CS(=O)(=O)NCC1=CCNCC1.Cl. The molecule has 1 heterocycles. The van der Waals surface area contributed by atoms with Gasteiger partial charge in [0.15, 0.2) is 0 Å². The van der Waals surface area contributed by atoms with Gasteiger partial charge in [0.1, 0.15) is 0 Å². The van der Waals surface area contributed by atoms with E-state index in [1.54, 1.807) is 0 Å². The van der Waals surface area contributed by atoms with E-state index in [1.807, 2.05) is 6.92 Å². The number of hydrogen-bond acceptors (Lipinski definition) is 3. The summed E-state index contributed by atoms with van der Waals surface area (Å²) in [6.07, 6.45) is 5.01. The van der Waals surface area contributed by atoms with Crippen LogP contribution in [0, 0.1) is 5.92 Å². The van der Waals surface area contributed by atoms with Gasteiger partial charge in [-0.25, -0.2) is 13.1 Å². The molecule has 0 aromatic rings. The lowest BCUT2D eigenvalue weighted by Crippen LogP contribution is -2.32. The minimum Gasteiger partial charge on any atom is -0.313 e. The normalized spacial score (nSPS) is 17.8. The Balaban J connectivity index is 0.00000289. The summed E-state index contributed by atoms with van der Waals surface area (Å²) in [5.74, 6) is 0.478. The van der Waals surface area contributed by atoms with E-state index in [1.165, 1.54) is 5.57 Å². The maximum absolute atomic E-state index is 11.8. The Labute approximate surface area is 117 Å². The highest BCUT2D eigenvalue weighted by Crippen LogP contribution is 2.08. The van der Waals surface area contributed by atoms with Crippen molar-refractivity contribution in [2.24, 2.45) is 5.92 Å². The summed E-state index contributed by atoms with van der Waals surface area (Å²) in [5.41, 5.74) is 1.19. The van der Waals surface area contributed by atoms with Crippen LogP contribution >= 0.6 is 12.4 Å². The maximum Gasteiger partial charge on any atom is 0.212 e. The fourth-order valence-electron chi connectivity index (χ4n) is 2.04. The van der Waals surface area contributed by atoms with Crippen molar-refractivity contribution in [2.45, 2.75) is 33.1 Å². The fourth-order valence-corrected chi connectivity index (χ4v) is 3.48. The molecule has 0 radical (unpaired) electrons. The molecule has 6 heteroatoms. The van der Waals surface area contributed by atoms with E-state index >= 15 is 0 Å². The van der Waals surface area contributed by atoms with Crippen molar-refractivity contribution >= 4 is 22.4 Å². The summed E-state index contributed by atoms with van der Waals surface area (Å²) >= 11 is 0. The lowest BCUT2D eigenvalue weighted by molar-refractivity contribution is 0.537. The Hall–Kier alpha value is -0.100. The van der Waals surface area contributed by atoms with Crippen LogP contribution in [0.25, 0.3) is 0 Å². The highest BCUT2D eigenvalue weighted by atomic mass is 35.5. The third kappa shape index (κ3) is 7.36. The van der Waals surface area contributed by atoms with Crippen LogP contribution in [0.2, 0.25) is 0 Å². The fraction of sp³-hybridized carbons (Fsp3) is 0.833. The largest absolute Gasteiger partial charge is 0.313 e. The van der Waals surface area contributed by atoms with Crippen molar-refractivity contribution < 1.29 is 8.42 Å². The molecule has 2 N–H and O–H groups in total. The quantitative estimate of drug-likeness (QED) is 0.703. The Morgan fingerprint density at radius 1 is 1.50 bits per heavy atom. The molecule has 0 aromatic carbocycles. The molecule has 18 heavy (non-hydrogen) atoms. The zero-order chi connectivity index (χ0) is 12.7. The van der Waals surface area contributed by atoms with Gasteiger partial charge in [0.25, 0.3) is 0 Å². The molecule has 0 aliphatic carbocycles. The van der Waals surface area contributed by atoms with E-state index < -0.39 is 10.0 Å². The predicted molar refractivity (Wildman–Crippen MR) is 78.7 cm³/mol. The number of hydrogen-bond donors (Lipinski definition) is 2. The second kappa shape index (κ2) is 8.91. The first-order valence-corrected chi connectivity index (χ1v) is 8.04. The van der Waals surface area contributed by atoms with E-state index in [0.717, 1.165) is 32.4 Å². The molecule has 1 rings (SSSR count). The molecule has 0 saturated carbocycles. The molecule has 0 fully saturated rings. The molecular weight excluding hydrogens is 272 g/mol. The van der Waals surface area contributed by atoms with E-state index in [4.69, 9.17) is 0 Å². The Bertz CT molecular complexity index is 355. The van der Waals surface area contributed by atoms with E-state index in [2.05, 4.69) is 23.0 Å². The van der Waals surface area contributed by atoms with Crippen molar-refractivity contribution in [3.05, 3.63) is 11.6 Å². The van der Waals surface area contributed by atoms with Gasteiger partial charge in [-0.05, 0) is 25.3 Å². The highest BCUT2D eigenvalue weighted by molar-refractivity contribution is 7.89. The summed E-state index contributed by atoms with van der Waals surface area (Å²) in [4.78, 5) is 0. The van der Waals surface area contributed by atoms with E-state index in [0.29, 0.717) is 6.54 Å². The summed E-state index contributed by atoms with van der Waals surface area (Å²) in [6.45, 7) is 6.34. The van der Waals surface area contributed by atoms with Crippen LogP contribution in [-0.2, 0) is 10.0 Å². The van der Waals surface area contributed by atoms with Gasteiger partial charge >= 0.3 is 0 Å². The average molecular weight is 297 g/mol. The first-order chi connectivity index (χ1) is 8.03. The average Bonchev–Trinajstić information content (AvgIpc) is 2.27. The van der Waals surface area contributed by atoms with Gasteiger partial charge in [0.2, 0.25) is 10.0 Å². The van der Waals surface area contributed by atoms with Crippen molar-refractivity contribution in [3.8, 4) is 0 Å². The Morgan fingerprint density at radius 2 is 2.22 bits per heavy atom. The van der Waals surface area contributed by atoms with Crippen LogP contribution in [0.4, 0.5) is 0 Å². The molecule has 0 amide bonds. The van der Waals surface area contributed by atoms with Crippen LogP contribution in [-0.4, -0.2) is 33.8 Å². The number of nitrogens with one attached hydrogen (secondary N) is 2. The smallest absolute Gasteiger partial charge is 0.212 e. The van der Waals surface area contributed by atoms with Crippen molar-refractivity contribution in [1.29, 1.82) is 0 Å². The summed E-state index contributed by atoms with van der Waals surface area (Å²) < 4.78 is 26.3. The predicted octanol–water partition coefficient (Wildman–Crippen LogP) is 1.68. The zero-order valence-electron chi connectivity index (χ0n) is 11.2. The monoisotopic (exact) mass is 296 g/mol. The molecule has 4 nitrogen and oxygen atoms in total. The van der Waals surface area contributed by atoms with Gasteiger partial charge in [0, 0.05) is 13.1 Å². The molecule has 1 atom stereocenters. The van der Waals surface area contributed by atoms with Gasteiger partial charge < -0.3 is 5.32 Å². The van der Waals surface area contributed by atoms with Crippen LogP contribution in [0.3, 0.4) is 0 Å². The van der Waals surface area contributed by atoms with Gasteiger partial charge in [0.05, 0.1) is 5.75 Å². The second-order valence-corrected chi connectivity index (χ2v) is 6.66. The topological polar surface area (TPSA) is 58.2 Å². The molecule has 108 valence electrons. The third-order valence-corrected chi connectivity index (χ3v) is 4.55. The summed E-state index contributed by atoms with van der Waals surface area (Å²) in [6, 6.07) is 0. The lowest BCUT2D eigenvalue weighted by Gasteiger charge is -2.16. The van der Waals surface area contributed by atoms with Gasteiger partial charge in [-0.15, -0.1) is 12.4 Å². The van der Waals surface area contributed by atoms with Crippen molar-refractivity contribution in [2.75, 3.05) is 25.4 Å². The Morgan fingerprint density at radius 3 is 2.78 bits per heavy atom. The van der Waals surface area contributed by atoms with Gasteiger partial charge in [-0.3, -0.25) is 0 Å². The van der Waals surface area contributed by atoms with Gasteiger partial charge in [-0.1, -0.05) is 31.9 Å². The summed E-state index contributed by atoms with van der Waals surface area (Å²) in [5, 5.41) is 3.21. The van der Waals surface area contributed by atoms with E-state index in [-0.39, 0.29) is 24.1 Å². The molecule has 1 aliphatic heterocycles.